The van der Waals surface area contributed by atoms with Gasteiger partial charge in [-0.3, -0.25) is 0 Å². The van der Waals surface area contributed by atoms with Crippen LogP contribution < -0.4 is 4.74 Å². The van der Waals surface area contributed by atoms with E-state index in [2.05, 4.69) is 15.1 Å². The maximum absolute atomic E-state index is 6.05. The van der Waals surface area contributed by atoms with Gasteiger partial charge < -0.3 is 9.47 Å². The van der Waals surface area contributed by atoms with Crippen molar-refractivity contribution in [1.29, 1.82) is 0 Å². The van der Waals surface area contributed by atoms with Gasteiger partial charge in [0.05, 0.1) is 12.2 Å². The van der Waals surface area contributed by atoms with Crippen LogP contribution in [0.2, 0.25) is 5.15 Å². The van der Waals surface area contributed by atoms with Gasteiger partial charge >= 0.3 is 0 Å². The number of methoxy groups -OCH3 is 1. The molecule has 0 unspecified atom stereocenters. The highest BCUT2D eigenvalue weighted by Crippen LogP contribution is 2.25. The standard InChI is InChI=1S/C12H17ClN4O2/c1-8-9(13)16-11-14-7-15-17(11)10(8)19-6-5-12(2,3)18-4/h7H,5-6H2,1-4H3. The number of ether oxygens (including phenoxy) is 2. The van der Waals surface area contributed by atoms with Gasteiger partial charge in [0.25, 0.3) is 5.78 Å². The Bertz CT molecular complexity index is 582. The van der Waals surface area contributed by atoms with Gasteiger partial charge in [0.15, 0.2) is 0 Å². The predicted octanol–water partition coefficient (Wildman–Crippen LogP) is 2.28. The number of hydrogen-bond acceptors (Lipinski definition) is 5. The molecule has 0 aliphatic heterocycles. The van der Waals surface area contributed by atoms with Crippen LogP contribution in [-0.4, -0.2) is 38.9 Å². The van der Waals surface area contributed by atoms with Crippen molar-refractivity contribution in [2.75, 3.05) is 13.7 Å². The van der Waals surface area contributed by atoms with Crippen LogP contribution in [0, 0.1) is 6.92 Å². The van der Waals surface area contributed by atoms with Crippen molar-refractivity contribution >= 4 is 17.4 Å². The second-order valence-corrected chi connectivity index (χ2v) is 5.22. The molecule has 0 radical (unpaired) electrons. The summed E-state index contributed by atoms with van der Waals surface area (Å²) in [5.74, 6) is 0.996. The van der Waals surface area contributed by atoms with Crippen molar-refractivity contribution in [3.63, 3.8) is 0 Å². The maximum atomic E-state index is 6.05. The van der Waals surface area contributed by atoms with E-state index < -0.39 is 0 Å². The third-order valence-corrected chi connectivity index (χ3v) is 3.41. The Morgan fingerprint density at radius 2 is 2.16 bits per heavy atom. The van der Waals surface area contributed by atoms with Crippen LogP contribution in [0.4, 0.5) is 0 Å². The maximum Gasteiger partial charge on any atom is 0.256 e. The Labute approximate surface area is 116 Å². The average molecular weight is 285 g/mol. The Kier molecular flexibility index (Phi) is 3.91. The molecule has 0 N–H and O–H groups in total. The number of aromatic nitrogens is 4. The molecular formula is C12H17ClN4O2. The van der Waals surface area contributed by atoms with Crippen LogP contribution in [0.5, 0.6) is 5.88 Å². The van der Waals surface area contributed by atoms with Crippen LogP contribution >= 0.6 is 11.6 Å². The molecule has 0 spiro atoms. The zero-order valence-corrected chi connectivity index (χ0v) is 12.2. The van der Waals surface area contributed by atoms with Crippen LogP contribution in [0.25, 0.3) is 5.78 Å². The van der Waals surface area contributed by atoms with E-state index in [4.69, 9.17) is 21.1 Å². The number of nitrogens with zero attached hydrogens (tertiary/aromatic N) is 4. The van der Waals surface area contributed by atoms with Gasteiger partial charge in [-0.25, -0.2) is 0 Å². The summed E-state index contributed by atoms with van der Waals surface area (Å²) in [5, 5.41) is 4.46. The molecule has 2 aromatic rings. The molecule has 0 aliphatic rings. The lowest BCUT2D eigenvalue weighted by Crippen LogP contribution is -2.25. The SMILES string of the molecule is COC(C)(C)CCOc1c(C)c(Cl)nc2ncnn12. The van der Waals surface area contributed by atoms with E-state index in [1.165, 1.54) is 6.33 Å². The first-order valence-corrected chi connectivity index (χ1v) is 6.36. The highest BCUT2D eigenvalue weighted by Gasteiger charge is 2.18. The first-order valence-electron chi connectivity index (χ1n) is 5.98. The molecular weight excluding hydrogens is 268 g/mol. The molecule has 0 amide bonds. The highest BCUT2D eigenvalue weighted by atomic mass is 35.5. The first kappa shape index (κ1) is 14.0. The van der Waals surface area contributed by atoms with Gasteiger partial charge in [0.1, 0.15) is 11.5 Å². The van der Waals surface area contributed by atoms with Crippen LogP contribution in [0.1, 0.15) is 25.8 Å². The third kappa shape index (κ3) is 2.96. The molecule has 19 heavy (non-hydrogen) atoms. The monoisotopic (exact) mass is 284 g/mol. The van der Waals surface area contributed by atoms with Gasteiger partial charge in [0, 0.05) is 19.1 Å². The molecule has 2 aromatic heterocycles. The van der Waals surface area contributed by atoms with Gasteiger partial charge in [0.2, 0.25) is 5.88 Å². The van der Waals surface area contributed by atoms with Gasteiger partial charge in [-0.05, 0) is 20.8 Å². The average Bonchev–Trinajstić information content (AvgIpc) is 2.81. The molecule has 0 aliphatic carbocycles. The summed E-state index contributed by atoms with van der Waals surface area (Å²) in [6, 6.07) is 0. The Morgan fingerprint density at radius 3 is 2.84 bits per heavy atom. The molecule has 0 bridgehead atoms. The molecule has 0 saturated heterocycles. The van der Waals surface area contributed by atoms with Gasteiger partial charge in [-0.2, -0.15) is 19.6 Å². The number of rotatable bonds is 5. The Balaban J connectivity index is 2.20. The normalized spacial score (nSPS) is 12.1. The molecule has 2 heterocycles. The quantitative estimate of drug-likeness (QED) is 0.788. The number of halogens is 1. The number of fused-ring (bicyclic) bond motifs is 1. The zero-order valence-electron chi connectivity index (χ0n) is 11.5. The molecule has 0 saturated carbocycles. The van der Waals surface area contributed by atoms with Crippen molar-refractivity contribution in [2.45, 2.75) is 32.8 Å². The van der Waals surface area contributed by atoms with Crippen LogP contribution in [0.3, 0.4) is 0 Å². The van der Waals surface area contributed by atoms with Gasteiger partial charge in [-0.1, -0.05) is 11.6 Å². The lowest BCUT2D eigenvalue weighted by Gasteiger charge is -2.22. The minimum atomic E-state index is -0.230. The van der Waals surface area contributed by atoms with E-state index in [1.54, 1.807) is 11.6 Å². The lowest BCUT2D eigenvalue weighted by atomic mass is 10.1. The van der Waals surface area contributed by atoms with Crippen molar-refractivity contribution in [3.8, 4) is 5.88 Å². The van der Waals surface area contributed by atoms with Crippen LogP contribution in [0.15, 0.2) is 6.33 Å². The molecule has 2 rings (SSSR count). The van der Waals surface area contributed by atoms with E-state index in [-0.39, 0.29) is 5.60 Å². The summed E-state index contributed by atoms with van der Waals surface area (Å²) in [6.07, 6.45) is 2.17. The molecule has 104 valence electrons. The van der Waals surface area contributed by atoms with Crippen LogP contribution in [-0.2, 0) is 4.74 Å². The van der Waals surface area contributed by atoms with E-state index in [1.807, 2.05) is 20.8 Å². The second kappa shape index (κ2) is 5.30. The first-order chi connectivity index (χ1) is 8.94. The molecule has 0 atom stereocenters. The van der Waals surface area contributed by atoms with Crippen molar-refractivity contribution < 1.29 is 9.47 Å². The molecule has 0 aromatic carbocycles. The fourth-order valence-corrected chi connectivity index (χ4v) is 1.70. The lowest BCUT2D eigenvalue weighted by molar-refractivity contribution is 0.00482. The smallest absolute Gasteiger partial charge is 0.256 e. The summed E-state index contributed by atoms with van der Waals surface area (Å²) in [7, 11) is 1.68. The summed E-state index contributed by atoms with van der Waals surface area (Å²) in [5.41, 5.74) is 0.515. The largest absolute Gasteiger partial charge is 0.477 e. The van der Waals surface area contributed by atoms with Crippen molar-refractivity contribution in [3.05, 3.63) is 17.0 Å². The van der Waals surface area contributed by atoms with E-state index >= 15 is 0 Å². The summed E-state index contributed by atoms with van der Waals surface area (Å²) in [4.78, 5) is 8.12. The van der Waals surface area contributed by atoms with E-state index in [0.717, 1.165) is 12.0 Å². The minimum absolute atomic E-state index is 0.230. The Hall–Kier alpha value is -1.40. The highest BCUT2D eigenvalue weighted by molar-refractivity contribution is 6.30. The van der Waals surface area contributed by atoms with Crippen molar-refractivity contribution in [1.82, 2.24) is 19.6 Å². The minimum Gasteiger partial charge on any atom is -0.477 e. The number of hydrogen-bond donors (Lipinski definition) is 0. The summed E-state index contributed by atoms with van der Waals surface area (Å²) >= 11 is 6.05. The molecule has 0 fully saturated rings. The topological polar surface area (TPSA) is 61.5 Å². The van der Waals surface area contributed by atoms with Crippen molar-refractivity contribution in [2.24, 2.45) is 0 Å². The zero-order chi connectivity index (χ0) is 14.0. The summed E-state index contributed by atoms with van der Waals surface area (Å²) in [6.45, 7) is 6.35. The fourth-order valence-electron chi connectivity index (χ4n) is 1.54. The third-order valence-electron chi connectivity index (χ3n) is 3.05. The van der Waals surface area contributed by atoms with E-state index in [0.29, 0.717) is 23.4 Å². The molecule has 7 heteroatoms. The predicted molar refractivity (Wildman–Crippen MR) is 71.7 cm³/mol. The Morgan fingerprint density at radius 1 is 1.42 bits per heavy atom. The second-order valence-electron chi connectivity index (χ2n) is 4.87. The summed E-state index contributed by atoms with van der Waals surface area (Å²) < 4.78 is 12.7. The molecule has 6 nitrogen and oxygen atoms in total. The van der Waals surface area contributed by atoms with Gasteiger partial charge in [-0.15, -0.1) is 0 Å². The van der Waals surface area contributed by atoms with E-state index in [9.17, 15) is 0 Å². The fraction of sp³-hybridized carbons (Fsp3) is 0.583.